The summed E-state index contributed by atoms with van der Waals surface area (Å²) in [5, 5.41) is 3.40. The molecule has 3 rings (SSSR count). The van der Waals surface area contributed by atoms with Gasteiger partial charge in [0.25, 0.3) is 0 Å². The monoisotopic (exact) mass is 389 g/mol. The maximum atomic E-state index is 4.83. The average molecular weight is 390 g/mol. The molecule has 0 aliphatic rings. The van der Waals surface area contributed by atoms with Gasteiger partial charge in [-0.3, -0.25) is 4.99 Å². The first-order valence-electron chi connectivity index (χ1n) is 10.2. The second kappa shape index (κ2) is 10.5. The van der Waals surface area contributed by atoms with E-state index in [9.17, 15) is 0 Å². The number of rotatable bonds is 8. The van der Waals surface area contributed by atoms with Crippen LogP contribution in [0.5, 0.6) is 0 Å². The van der Waals surface area contributed by atoms with Gasteiger partial charge in [-0.1, -0.05) is 60.2 Å². The van der Waals surface area contributed by atoms with Crippen LogP contribution in [0, 0.1) is 6.92 Å². The van der Waals surface area contributed by atoms with Crippen LogP contribution in [0.25, 0.3) is 0 Å². The van der Waals surface area contributed by atoms with E-state index in [2.05, 4.69) is 89.2 Å². The molecule has 0 amide bonds. The van der Waals surface area contributed by atoms with E-state index in [1.165, 1.54) is 16.7 Å². The number of nitrogens with one attached hydrogen (secondary N) is 1. The summed E-state index contributed by atoms with van der Waals surface area (Å²) in [7, 11) is 2.08. The summed E-state index contributed by atoms with van der Waals surface area (Å²) >= 11 is 0. The van der Waals surface area contributed by atoms with Gasteiger partial charge in [0.2, 0.25) is 0 Å². The highest BCUT2D eigenvalue weighted by molar-refractivity contribution is 5.79. The molecule has 0 aliphatic heterocycles. The molecule has 0 fully saturated rings. The minimum absolute atomic E-state index is 0.701. The van der Waals surface area contributed by atoms with E-state index >= 15 is 0 Å². The Labute approximate surface area is 174 Å². The van der Waals surface area contributed by atoms with Gasteiger partial charge in [-0.15, -0.1) is 0 Å². The molecular formula is C24H31N5. The third-order valence-corrected chi connectivity index (χ3v) is 4.83. The summed E-state index contributed by atoms with van der Waals surface area (Å²) in [6.45, 7) is 7.43. The Hall–Kier alpha value is -3.08. The van der Waals surface area contributed by atoms with Crippen molar-refractivity contribution in [1.29, 1.82) is 0 Å². The van der Waals surface area contributed by atoms with Crippen LogP contribution in [0.2, 0.25) is 0 Å². The van der Waals surface area contributed by atoms with Gasteiger partial charge in [0.05, 0.1) is 0 Å². The molecule has 0 aliphatic carbocycles. The Kier molecular flexibility index (Phi) is 7.45. The van der Waals surface area contributed by atoms with E-state index in [-0.39, 0.29) is 0 Å². The van der Waals surface area contributed by atoms with Gasteiger partial charge < -0.3 is 14.8 Å². The number of nitrogens with zero attached hydrogens (tertiary/aromatic N) is 4. The van der Waals surface area contributed by atoms with Gasteiger partial charge in [-0.05, 0) is 25.0 Å². The van der Waals surface area contributed by atoms with E-state index < -0.39 is 0 Å². The lowest BCUT2D eigenvalue weighted by Gasteiger charge is -2.22. The molecule has 0 radical (unpaired) electrons. The fourth-order valence-electron chi connectivity index (χ4n) is 3.27. The van der Waals surface area contributed by atoms with E-state index in [1.54, 1.807) is 0 Å². The summed E-state index contributed by atoms with van der Waals surface area (Å²) in [6.07, 6.45) is 4.73. The maximum Gasteiger partial charge on any atom is 0.193 e. The number of hydrogen-bond donors (Lipinski definition) is 1. The minimum atomic E-state index is 0.701. The van der Waals surface area contributed by atoms with E-state index in [0.717, 1.165) is 37.8 Å². The van der Waals surface area contributed by atoms with E-state index in [0.29, 0.717) is 6.54 Å². The summed E-state index contributed by atoms with van der Waals surface area (Å²) in [4.78, 5) is 11.5. The molecule has 1 aromatic heterocycles. The van der Waals surface area contributed by atoms with Crippen molar-refractivity contribution in [3.8, 4) is 0 Å². The van der Waals surface area contributed by atoms with Gasteiger partial charge in [-0.2, -0.15) is 0 Å². The first-order chi connectivity index (χ1) is 14.2. The van der Waals surface area contributed by atoms with Crippen LogP contribution in [0.4, 0.5) is 0 Å². The molecule has 1 heterocycles. The highest BCUT2D eigenvalue weighted by Gasteiger charge is 2.08. The molecule has 0 spiro atoms. The topological polar surface area (TPSA) is 45.5 Å². The summed E-state index contributed by atoms with van der Waals surface area (Å²) in [5.74, 6) is 1.99. The molecule has 5 nitrogen and oxygen atoms in total. The van der Waals surface area contributed by atoms with Crippen LogP contribution < -0.4 is 5.32 Å². The molecule has 152 valence electrons. The number of hydrogen-bond acceptors (Lipinski definition) is 2. The van der Waals surface area contributed by atoms with Gasteiger partial charge in [0.1, 0.15) is 5.82 Å². The highest BCUT2D eigenvalue weighted by Crippen LogP contribution is 2.08. The standard InChI is InChI=1S/C24H31N5/c1-4-25-24(28(3)18-22-12-10-20(2)11-13-22)27-15-14-23-26-16-17-29(23)19-21-8-6-5-7-9-21/h5-13,16-17H,4,14-15,18-19H2,1-3H3,(H,25,27). The Balaban J connectivity index is 1.60. The SMILES string of the molecule is CCNC(=NCCc1nccn1Cc1ccccc1)N(C)Cc1ccc(C)cc1. The molecule has 0 bridgehead atoms. The molecule has 0 atom stereocenters. The van der Waals surface area contributed by atoms with Crippen LogP contribution >= 0.6 is 0 Å². The molecule has 2 aromatic carbocycles. The highest BCUT2D eigenvalue weighted by atomic mass is 15.3. The smallest absolute Gasteiger partial charge is 0.193 e. The van der Waals surface area contributed by atoms with Crippen molar-refractivity contribution in [3.05, 3.63) is 89.5 Å². The van der Waals surface area contributed by atoms with Gasteiger partial charge >= 0.3 is 0 Å². The van der Waals surface area contributed by atoms with Crippen LogP contribution in [-0.4, -0.2) is 40.5 Å². The van der Waals surface area contributed by atoms with Gasteiger partial charge in [-0.25, -0.2) is 4.98 Å². The van der Waals surface area contributed by atoms with Crippen molar-refractivity contribution in [3.63, 3.8) is 0 Å². The van der Waals surface area contributed by atoms with Crippen LogP contribution in [0.15, 0.2) is 72.0 Å². The molecule has 3 aromatic rings. The van der Waals surface area contributed by atoms with E-state index in [4.69, 9.17) is 4.99 Å². The Bertz CT molecular complexity index is 897. The summed E-state index contributed by atoms with van der Waals surface area (Å²) in [5.41, 5.74) is 3.84. The fraction of sp³-hybridized carbons (Fsp3) is 0.333. The van der Waals surface area contributed by atoms with Crippen molar-refractivity contribution in [2.45, 2.75) is 33.4 Å². The van der Waals surface area contributed by atoms with Gasteiger partial charge in [0, 0.05) is 52.0 Å². The van der Waals surface area contributed by atoms with Gasteiger partial charge in [0.15, 0.2) is 5.96 Å². The zero-order chi connectivity index (χ0) is 20.5. The zero-order valence-corrected chi connectivity index (χ0v) is 17.7. The van der Waals surface area contributed by atoms with Crippen molar-refractivity contribution in [1.82, 2.24) is 19.8 Å². The average Bonchev–Trinajstić information content (AvgIpc) is 3.16. The Morgan fingerprint density at radius 1 is 1.07 bits per heavy atom. The quantitative estimate of drug-likeness (QED) is 0.470. The lowest BCUT2D eigenvalue weighted by molar-refractivity contribution is 0.476. The Morgan fingerprint density at radius 3 is 2.55 bits per heavy atom. The predicted octanol–water partition coefficient (Wildman–Crippen LogP) is 3.88. The number of aromatic nitrogens is 2. The second-order valence-electron chi connectivity index (χ2n) is 7.28. The lowest BCUT2D eigenvalue weighted by atomic mass is 10.1. The van der Waals surface area contributed by atoms with Crippen LogP contribution in [-0.2, 0) is 19.5 Å². The first-order valence-corrected chi connectivity index (χ1v) is 10.2. The normalized spacial score (nSPS) is 11.5. The molecule has 0 unspecified atom stereocenters. The molecular weight excluding hydrogens is 358 g/mol. The number of imidazole rings is 1. The summed E-state index contributed by atoms with van der Waals surface area (Å²) < 4.78 is 2.20. The van der Waals surface area contributed by atoms with E-state index in [1.807, 2.05) is 18.5 Å². The third-order valence-electron chi connectivity index (χ3n) is 4.83. The molecule has 1 N–H and O–H groups in total. The maximum absolute atomic E-state index is 4.83. The third kappa shape index (κ3) is 6.21. The fourth-order valence-corrected chi connectivity index (χ4v) is 3.27. The molecule has 0 saturated heterocycles. The van der Waals surface area contributed by atoms with Crippen molar-refractivity contribution >= 4 is 5.96 Å². The lowest BCUT2D eigenvalue weighted by Crippen LogP contribution is -2.38. The largest absolute Gasteiger partial charge is 0.357 e. The zero-order valence-electron chi connectivity index (χ0n) is 17.7. The van der Waals surface area contributed by atoms with Crippen molar-refractivity contribution in [2.24, 2.45) is 4.99 Å². The molecule has 29 heavy (non-hydrogen) atoms. The number of aryl methyl sites for hydroxylation is 1. The Morgan fingerprint density at radius 2 is 1.83 bits per heavy atom. The molecule has 0 saturated carbocycles. The minimum Gasteiger partial charge on any atom is -0.357 e. The number of guanidine groups is 1. The first kappa shape index (κ1) is 20.6. The second-order valence-corrected chi connectivity index (χ2v) is 7.28. The molecule has 5 heteroatoms. The van der Waals surface area contributed by atoms with Crippen molar-refractivity contribution < 1.29 is 0 Å². The number of aliphatic imine (C=N–C) groups is 1. The predicted molar refractivity (Wildman–Crippen MR) is 120 cm³/mol. The summed E-state index contributed by atoms with van der Waals surface area (Å²) in [6, 6.07) is 19.1. The van der Waals surface area contributed by atoms with Crippen LogP contribution in [0.1, 0.15) is 29.4 Å². The van der Waals surface area contributed by atoms with Crippen LogP contribution in [0.3, 0.4) is 0 Å². The van der Waals surface area contributed by atoms with Crippen molar-refractivity contribution in [2.75, 3.05) is 20.1 Å². The number of benzene rings is 2.